The second kappa shape index (κ2) is 7.33. The summed E-state index contributed by atoms with van der Waals surface area (Å²) in [4.78, 5) is 18.3. The number of hydrogen-bond acceptors (Lipinski definition) is 5. The maximum Gasteiger partial charge on any atom is 0.240 e. The third kappa shape index (κ3) is 4.14. The predicted molar refractivity (Wildman–Crippen MR) is 87.9 cm³/mol. The first-order valence-electron chi connectivity index (χ1n) is 7.56. The van der Waals surface area contributed by atoms with Gasteiger partial charge in [-0.2, -0.15) is 0 Å². The minimum absolute atomic E-state index is 0.0775. The van der Waals surface area contributed by atoms with Gasteiger partial charge in [-0.05, 0) is 25.1 Å². The maximum absolute atomic E-state index is 13.8. The van der Waals surface area contributed by atoms with E-state index in [1.165, 1.54) is 11.3 Å². The van der Waals surface area contributed by atoms with Gasteiger partial charge in [-0.1, -0.05) is 0 Å². The van der Waals surface area contributed by atoms with Crippen LogP contribution in [0.15, 0.2) is 23.6 Å². The Morgan fingerprint density at radius 2 is 2.33 bits per heavy atom. The van der Waals surface area contributed by atoms with E-state index in [0.29, 0.717) is 30.5 Å². The highest BCUT2D eigenvalue weighted by Crippen LogP contribution is 2.27. The number of amides is 1. The zero-order valence-corrected chi connectivity index (χ0v) is 13.9. The molecule has 1 saturated heterocycles. The molecular formula is C16H17F2N3O2S. The fraction of sp³-hybridized carbons (Fsp3) is 0.375. The summed E-state index contributed by atoms with van der Waals surface area (Å²) in [6, 6.07) is 3.20. The molecule has 5 nitrogen and oxygen atoms in total. The Labute approximate surface area is 142 Å². The number of carbonyl (C=O) groups is 1. The van der Waals surface area contributed by atoms with Crippen LogP contribution < -0.4 is 5.32 Å². The average molecular weight is 353 g/mol. The molecule has 1 fully saturated rings. The normalized spacial score (nSPS) is 18.5. The topological polar surface area (TPSA) is 54.5 Å². The molecule has 128 valence electrons. The van der Waals surface area contributed by atoms with Crippen molar-refractivity contribution in [2.24, 2.45) is 0 Å². The third-order valence-corrected chi connectivity index (χ3v) is 4.41. The Bertz CT molecular complexity index is 738. The van der Waals surface area contributed by atoms with Crippen molar-refractivity contribution >= 4 is 22.4 Å². The lowest BCUT2D eigenvalue weighted by atomic mass is 10.1. The molecule has 1 aromatic heterocycles. The van der Waals surface area contributed by atoms with Gasteiger partial charge in [0.1, 0.15) is 11.6 Å². The van der Waals surface area contributed by atoms with Crippen LogP contribution in [0.2, 0.25) is 0 Å². The van der Waals surface area contributed by atoms with Crippen molar-refractivity contribution in [3.05, 3.63) is 35.2 Å². The molecule has 1 amide bonds. The Hall–Kier alpha value is -1.90. The molecule has 24 heavy (non-hydrogen) atoms. The van der Waals surface area contributed by atoms with Crippen molar-refractivity contribution in [1.29, 1.82) is 0 Å². The summed E-state index contributed by atoms with van der Waals surface area (Å²) in [6.07, 6.45) is 0.106. The van der Waals surface area contributed by atoms with E-state index in [4.69, 9.17) is 4.74 Å². The summed E-state index contributed by atoms with van der Waals surface area (Å²) < 4.78 is 32.5. The highest BCUT2D eigenvalue weighted by atomic mass is 32.1. The van der Waals surface area contributed by atoms with Crippen LogP contribution in [-0.4, -0.2) is 48.1 Å². The van der Waals surface area contributed by atoms with E-state index in [2.05, 4.69) is 10.3 Å². The fourth-order valence-electron chi connectivity index (χ4n) is 2.54. The molecule has 0 spiro atoms. The second-order valence-corrected chi connectivity index (χ2v) is 6.48. The molecular weight excluding hydrogens is 336 g/mol. The van der Waals surface area contributed by atoms with Crippen molar-refractivity contribution in [1.82, 2.24) is 9.88 Å². The van der Waals surface area contributed by atoms with E-state index in [9.17, 15) is 13.6 Å². The van der Waals surface area contributed by atoms with Gasteiger partial charge < -0.3 is 10.1 Å². The smallest absolute Gasteiger partial charge is 0.240 e. The van der Waals surface area contributed by atoms with E-state index in [1.54, 1.807) is 5.38 Å². The van der Waals surface area contributed by atoms with Gasteiger partial charge in [0.05, 0.1) is 24.9 Å². The van der Waals surface area contributed by atoms with Crippen molar-refractivity contribution in [3.8, 4) is 11.3 Å². The first kappa shape index (κ1) is 16.9. The summed E-state index contributed by atoms with van der Waals surface area (Å²) >= 11 is 1.17. The summed E-state index contributed by atoms with van der Waals surface area (Å²) in [5, 5.41) is 4.65. The summed E-state index contributed by atoms with van der Waals surface area (Å²) in [6.45, 7) is 4.22. The van der Waals surface area contributed by atoms with Crippen molar-refractivity contribution in [2.45, 2.75) is 13.0 Å². The van der Waals surface area contributed by atoms with Crippen LogP contribution in [0.3, 0.4) is 0 Å². The van der Waals surface area contributed by atoms with Gasteiger partial charge in [-0.3, -0.25) is 9.69 Å². The highest BCUT2D eigenvalue weighted by molar-refractivity contribution is 7.14. The van der Waals surface area contributed by atoms with Gasteiger partial charge in [0, 0.05) is 24.0 Å². The first-order chi connectivity index (χ1) is 11.5. The van der Waals surface area contributed by atoms with Crippen molar-refractivity contribution < 1.29 is 18.3 Å². The minimum atomic E-state index is -0.554. The van der Waals surface area contributed by atoms with Crippen molar-refractivity contribution in [2.75, 3.05) is 31.6 Å². The molecule has 1 atom stereocenters. The quantitative estimate of drug-likeness (QED) is 0.918. The van der Waals surface area contributed by atoms with Gasteiger partial charge >= 0.3 is 0 Å². The average Bonchev–Trinajstić information content (AvgIpc) is 2.97. The van der Waals surface area contributed by atoms with Crippen LogP contribution >= 0.6 is 11.3 Å². The lowest BCUT2D eigenvalue weighted by Gasteiger charge is -2.30. The molecule has 0 radical (unpaired) electrons. The largest absolute Gasteiger partial charge is 0.376 e. The molecule has 1 unspecified atom stereocenters. The second-order valence-electron chi connectivity index (χ2n) is 5.63. The number of anilines is 1. The molecule has 1 N–H and O–H groups in total. The molecule has 3 rings (SSSR count). The van der Waals surface area contributed by atoms with Gasteiger partial charge in [-0.15, -0.1) is 11.3 Å². The van der Waals surface area contributed by atoms with Gasteiger partial charge in [0.15, 0.2) is 5.13 Å². The number of aromatic nitrogens is 1. The van der Waals surface area contributed by atoms with E-state index in [0.717, 1.165) is 18.2 Å². The number of carbonyl (C=O) groups excluding carboxylic acids is 1. The van der Waals surface area contributed by atoms with Gasteiger partial charge in [0.25, 0.3) is 0 Å². The standard InChI is InChI=1S/C16H17F2N3O2S/c1-10-7-21(4-5-23-10)8-15(22)20-16-19-14(9-24-16)12-6-11(17)2-3-13(12)18/h2-3,6,9-10H,4-5,7-8H2,1H3,(H,19,20,22). The summed E-state index contributed by atoms with van der Waals surface area (Å²) in [7, 11) is 0. The SMILES string of the molecule is CC1CN(CC(=O)Nc2nc(-c3cc(F)ccc3F)cs2)CCO1. The van der Waals surface area contributed by atoms with Crippen LogP contribution in [0.4, 0.5) is 13.9 Å². The maximum atomic E-state index is 13.8. The number of nitrogens with zero attached hydrogens (tertiary/aromatic N) is 2. The Morgan fingerprint density at radius 3 is 3.12 bits per heavy atom. The third-order valence-electron chi connectivity index (χ3n) is 3.65. The molecule has 8 heteroatoms. The number of halogens is 2. The molecule has 1 aromatic carbocycles. The number of rotatable bonds is 4. The minimum Gasteiger partial charge on any atom is -0.376 e. The van der Waals surface area contributed by atoms with E-state index >= 15 is 0 Å². The number of nitrogens with one attached hydrogen (secondary N) is 1. The molecule has 1 aliphatic rings. The summed E-state index contributed by atoms with van der Waals surface area (Å²) in [5.74, 6) is -1.28. The lowest BCUT2D eigenvalue weighted by molar-refractivity contribution is -0.119. The van der Waals surface area contributed by atoms with Crippen LogP contribution in [0.5, 0.6) is 0 Å². The number of benzene rings is 1. The Morgan fingerprint density at radius 1 is 1.50 bits per heavy atom. The van der Waals surface area contributed by atoms with Crippen LogP contribution in [0.25, 0.3) is 11.3 Å². The van der Waals surface area contributed by atoms with E-state index in [-0.39, 0.29) is 24.1 Å². The molecule has 0 bridgehead atoms. The molecule has 2 aromatic rings. The highest BCUT2D eigenvalue weighted by Gasteiger charge is 2.19. The number of morpholine rings is 1. The Kier molecular flexibility index (Phi) is 5.17. The zero-order chi connectivity index (χ0) is 17.1. The first-order valence-corrected chi connectivity index (χ1v) is 8.44. The molecule has 0 aliphatic carbocycles. The lowest BCUT2D eigenvalue weighted by Crippen LogP contribution is -2.44. The Balaban J connectivity index is 1.63. The predicted octanol–water partition coefficient (Wildman–Crippen LogP) is 2.75. The molecule has 0 saturated carbocycles. The summed E-state index contributed by atoms with van der Waals surface area (Å²) in [5.41, 5.74) is 0.376. The van der Waals surface area contributed by atoms with E-state index < -0.39 is 11.6 Å². The van der Waals surface area contributed by atoms with Gasteiger partial charge in [-0.25, -0.2) is 13.8 Å². The van der Waals surface area contributed by atoms with Crippen molar-refractivity contribution in [3.63, 3.8) is 0 Å². The monoisotopic (exact) mass is 353 g/mol. The van der Waals surface area contributed by atoms with Crippen LogP contribution in [0.1, 0.15) is 6.92 Å². The van der Waals surface area contributed by atoms with Crippen LogP contribution in [0, 0.1) is 11.6 Å². The number of thiazole rings is 1. The molecule has 1 aliphatic heterocycles. The molecule has 2 heterocycles. The van der Waals surface area contributed by atoms with Gasteiger partial charge in [0.2, 0.25) is 5.91 Å². The van der Waals surface area contributed by atoms with Crippen LogP contribution in [-0.2, 0) is 9.53 Å². The van der Waals surface area contributed by atoms with E-state index in [1.807, 2.05) is 11.8 Å². The zero-order valence-electron chi connectivity index (χ0n) is 13.1. The number of ether oxygens (including phenoxy) is 1. The fourth-order valence-corrected chi connectivity index (χ4v) is 3.27. The number of hydrogen-bond donors (Lipinski definition) is 1.